The number of methoxy groups -OCH3 is 1. The number of nitrogens with one attached hydrogen (secondary N) is 1. The first-order valence-electron chi connectivity index (χ1n) is 6.13. The fourth-order valence-corrected chi connectivity index (χ4v) is 2.78. The second-order valence-electron chi connectivity index (χ2n) is 4.82. The zero-order valence-corrected chi connectivity index (χ0v) is 12.9. The fourth-order valence-electron chi connectivity index (χ4n) is 2.27. The van der Waals surface area contributed by atoms with Gasteiger partial charge in [-0.2, -0.15) is 0 Å². The molecule has 0 aliphatic carbocycles. The van der Waals surface area contributed by atoms with Crippen LogP contribution in [0.2, 0.25) is 0 Å². The van der Waals surface area contributed by atoms with E-state index in [0.29, 0.717) is 5.92 Å². The van der Waals surface area contributed by atoms with Crippen LogP contribution in [-0.2, 0) is 11.2 Å². The Bertz CT molecular complexity index is 364. The Kier molecular flexibility index (Phi) is 6.26. The molecule has 0 radical (unpaired) electrons. The Morgan fingerprint density at radius 2 is 2.00 bits per heavy atom. The van der Waals surface area contributed by atoms with Crippen LogP contribution in [0.1, 0.15) is 19.4 Å². The number of ether oxygens (including phenoxy) is 1. The van der Waals surface area contributed by atoms with E-state index in [0.717, 1.165) is 16.5 Å². The van der Waals surface area contributed by atoms with Crippen molar-refractivity contribution in [3.8, 4) is 0 Å². The second-order valence-corrected chi connectivity index (χ2v) is 5.74. The van der Waals surface area contributed by atoms with Gasteiger partial charge in [-0.3, -0.25) is 0 Å². The van der Waals surface area contributed by atoms with Crippen LogP contribution in [0.25, 0.3) is 0 Å². The third-order valence-electron chi connectivity index (χ3n) is 3.07. The minimum absolute atomic E-state index is 0.108. The summed E-state index contributed by atoms with van der Waals surface area (Å²) in [7, 11) is 3.63. The third-order valence-corrected chi connectivity index (χ3v) is 3.53. The van der Waals surface area contributed by atoms with E-state index >= 15 is 0 Å². The van der Waals surface area contributed by atoms with Crippen LogP contribution in [0.4, 0.5) is 4.39 Å². The van der Waals surface area contributed by atoms with Crippen LogP contribution >= 0.6 is 15.9 Å². The Morgan fingerprint density at radius 3 is 2.44 bits per heavy atom. The van der Waals surface area contributed by atoms with Crippen LogP contribution in [-0.4, -0.2) is 26.3 Å². The van der Waals surface area contributed by atoms with Gasteiger partial charge in [0.25, 0.3) is 0 Å². The van der Waals surface area contributed by atoms with Gasteiger partial charge in [0.15, 0.2) is 0 Å². The molecule has 102 valence electrons. The molecule has 0 fully saturated rings. The van der Waals surface area contributed by atoms with Crippen molar-refractivity contribution in [3.05, 3.63) is 34.1 Å². The number of halogens is 2. The molecule has 0 saturated carbocycles. The lowest BCUT2D eigenvalue weighted by molar-refractivity contribution is 0.0354. The summed E-state index contributed by atoms with van der Waals surface area (Å²) in [5.74, 6) is 0.192. The lowest BCUT2D eigenvalue weighted by Crippen LogP contribution is -2.43. The van der Waals surface area contributed by atoms with Crippen molar-refractivity contribution in [2.24, 2.45) is 5.92 Å². The van der Waals surface area contributed by atoms with Crippen LogP contribution in [0.5, 0.6) is 0 Å². The average molecular weight is 318 g/mol. The highest BCUT2D eigenvalue weighted by Gasteiger charge is 2.23. The molecule has 2 unspecified atom stereocenters. The number of rotatable bonds is 6. The highest BCUT2D eigenvalue weighted by Crippen LogP contribution is 2.19. The molecule has 0 aliphatic rings. The van der Waals surface area contributed by atoms with E-state index in [9.17, 15) is 4.39 Å². The van der Waals surface area contributed by atoms with Gasteiger partial charge in [0.2, 0.25) is 0 Å². The quantitative estimate of drug-likeness (QED) is 0.868. The molecule has 2 atom stereocenters. The van der Waals surface area contributed by atoms with E-state index < -0.39 is 0 Å². The van der Waals surface area contributed by atoms with Gasteiger partial charge >= 0.3 is 0 Å². The zero-order chi connectivity index (χ0) is 13.7. The lowest BCUT2D eigenvalue weighted by atomic mass is 9.94. The maximum atomic E-state index is 13.3. The van der Waals surface area contributed by atoms with Crippen LogP contribution < -0.4 is 5.32 Å². The van der Waals surface area contributed by atoms with Crippen LogP contribution in [0, 0.1) is 11.7 Å². The highest BCUT2D eigenvalue weighted by molar-refractivity contribution is 9.10. The van der Waals surface area contributed by atoms with Crippen molar-refractivity contribution in [1.29, 1.82) is 0 Å². The number of hydrogen-bond donors (Lipinski definition) is 1. The van der Waals surface area contributed by atoms with Gasteiger partial charge < -0.3 is 10.1 Å². The van der Waals surface area contributed by atoms with E-state index in [-0.39, 0.29) is 18.0 Å². The first kappa shape index (κ1) is 15.6. The van der Waals surface area contributed by atoms with Crippen LogP contribution in [0.3, 0.4) is 0 Å². The summed E-state index contributed by atoms with van der Waals surface area (Å²) >= 11 is 3.32. The Balaban J connectivity index is 2.84. The predicted molar refractivity (Wildman–Crippen MR) is 76.3 cm³/mol. The van der Waals surface area contributed by atoms with E-state index in [4.69, 9.17) is 4.74 Å². The van der Waals surface area contributed by atoms with Gasteiger partial charge in [-0.1, -0.05) is 29.8 Å². The number of hydrogen-bond acceptors (Lipinski definition) is 2. The molecule has 2 nitrogen and oxygen atoms in total. The van der Waals surface area contributed by atoms with Gasteiger partial charge in [0, 0.05) is 17.6 Å². The molecule has 1 aromatic carbocycles. The van der Waals surface area contributed by atoms with Gasteiger partial charge in [-0.25, -0.2) is 4.39 Å². The molecule has 1 N–H and O–H groups in total. The number of benzene rings is 1. The monoisotopic (exact) mass is 317 g/mol. The molecule has 4 heteroatoms. The standard InChI is InChI=1S/C14H21BrFNO/c1-9(2)14(18-4)13(17-3)7-10-5-11(15)8-12(16)6-10/h5-6,8-9,13-14,17H,7H2,1-4H3. The smallest absolute Gasteiger partial charge is 0.124 e. The average Bonchev–Trinajstić information content (AvgIpc) is 2.26. The summed E-state index contributed by atoms with van der Waals surface area (Å²) in [5, 5.41) is 3.26. The first-order chi connectivity index (χ1) is 8.47. The molecule has 18 heavy (non-hydrogen) atoms. The Morgan fingerprint density at radius 1 is 1.33 bits per heavy atom. The molecule has 0 aromatic heterocycles. The molecular formula is C14H21BrFNO. The van der Waals surface area contributed by atoms with Gasteiger partial charge in [0.05, 0.1) is 6.10 Å². The van der Waals surface area contributed by atoms with E-state index in [2.05, 4.69) is 35.1 Å². The van der Waals surface area contributed by atoms with Gasteiger partial charge in [0.1, 0.15) is 5.82 Å². The molecular weight excluding hydrogens is 297 g/mol. The van der Waals surface area contributed by atoms with Crippen molar-refractivity contribution < 1.29 is 9.13 Å². The van der Waals surface area contributed by atoms with Crippen molar-refractivity contribution in [2.75, 3.05) is 14.2 Å². The maximum absolute atomic E-state index is 13.3. The molecule has 1 aromatic rings. The second kappa shape index (κ2) is 7.22. The van der Waals surface area contributed by atoms with Gasteiger partial charge in [-0.15, -0.1) is 0 Å². The third kappa shape index (κ3) is 4.34. The molecule has 0 heterocycles. The van der Waals surface area contributed by atoms with E-state index in [1.807, 2.05) is 13.1 Å². The van der Waals surface area contributed by atoms with E-state index in [1.54, 1.807) is 13.2 Å². The van der Waals surface area contributed by atoms with Crippen molar-refractivity contribution in [1.82, 2.24) is 5.32 Å². The summed E-state index contributed by atoms with van der Waals surface area (Å²) in [6.45, 7) is 4.25. The fraction of sp³-hybridized carbons (Fsp3) is 0.571. The largest absolute Gasteiger partial charge is 0.380 e. The Hall–Kier alpha value is -0.450. The summed E-state index contributed by atoms with van der Waals surface area (Å²) in [5.41, 5.74) is 0.962. The van der Waals surface area contributed by atoms with Crippen molar-refractivity contribution in [3.63, 3.8) is 0 Å². The molecule has 0 spiro atoms. The lowest BCUT2D eigenvalue weighted by Gasteiger charge is -2.29. The molecule has 0 saturated heterocycles. The molecule has 0 aliphatic heterocycles. The minimum atomic E-state index is -0.215. The normalized spacial score (nSPS) is 14.8. The van der Waals surface area contributed by atoms with Crippen LogP contribution in [0.15, 0.2) is 22.7 Å². The SMILES string of the molecule is CNC(Cc1cc(F)cc(Br)c1)C(OC)C(C)C. The number of likely N-dealkylation sites (N-methyl/N-ethyl adjacent to an activating group) is 1. The predicted octanol–water partition coefficient (Wildman–Crippen LogP) is 3.39. The summed E-state index contributed by atoms with van der Waals surface area (Å²) in [4.78, 5) is 0. The topological polar surface area (TPSA) is 21.3 Å². The summed E-state index contributed by atoms with van der Waals surface area (Å²) in [6.07, 6.45) is 0.848. The highest BCUT2D eigenvalue weighted by atomic mass is 79.9. The zero-order valence-electron chi connectivity index (χ0n) is 11.3. The van der Waals surface area contributed by atoms with Crippen molar-refractivity contribution in [2.45, 2.75) is 32.4 Å². The molecule has 0 amide bonds. The summed E-state index contributed by atoms with van der Waals surface area (Å²) in [6, 6.07) is 5.15. The van der Waals surface area contributed by atoms with Gasteiger partial charge in [-0.05, 0) is 43.1 Å². The molecule has 0 bridgehead atoms. The first-order valence-corrected chi connectivity index (χ1v) is 6.92. The van der Waals surface area contributed by atoms with E-state index in [1.165, 1.54) is 6.07 Å². The van der Waals surface area contributed by atoms with Crippen molar-refractivity contribution >= 4 is 15.9 Å². The molecule has 1 rings (SSSR count). The minimum Gasteiger partial charge on any atom is -0.380 e. The Labute approximate surface area is 117 Å². The summed E-state index contributed by atoms with van der Waals surface area (Å²) < 4.78 is 19.6. The maximum Gasteiger partial charge on any atom is 0.124 e.